The van der Waals surface area contributed by atoms with E-state index in [1.165, 1.54) is 12.8 Å². The molecule has 3 aromatic rings. The fourth-order valence-corrected chi connectivity index (χ4v) is 3.48. The van der Waals surface area contributed by atoms with Gasteiger partial charge < -0.3 is 19.8 Å². The van der Waals surface area contributed by atoms with Crippen LogP contribution in [-0.2, 0) is 13.1 Å². The summed E-state index contributed by atoms with van der Waals surface area (Å²) in [6, 6.07) is 13.8. The van der Waals surface area contributed by atoms with E-state index in [9.17, 15) is 0 Å². The molecule has 1 aliphatic rings. The number of oxazole rings is 1. The SMILES string of the molecule is CN=C(NCc1ccnc(OC2CCCC2)c1)NCc1coc(-c2ccccc2)n1. The van der Waals surface area contributed by atoms with Gasteiger partial charge in [-0.3, -0.25) is 4.99 Å². The van der Waals surface area contributed by atoms with E-state index in [4.69, 9.17) is 9.15 Å². The first-order valence-corrected chi connectivity index (χ1v) is 10.4. The molecule has 30 heavy (non-hydrogen) atoms. The van der Waals surface area contributed by atoms with Crippen LogP contribution in [0, 0.1) is 0 Å². The average molecular weight is 406 g/mol. The maximum absolute atomic E-state index is 5.99. The van der Waals surface area contributed by atoms with Crippen molar-refractivity contribution in [3.63, 3.8) is 0 Å². The summed E-state index contributed by atoms with van der Waals surface area (Å²) >= 11 is 0. The third-order valence-corrected chi connectivity index (χ3v) is 5.08. The molecule has 2 aromatic heterocycles. The molecule has 0 bridgehead atoms. The molecule has 4 rings (SSSR count). The van der Waals surface area contributed by atoms with Crippen LogP contribution >= 0.6 is 0 Å². The summed E-state index contributed by atoms with van der Waals surface area (Å²) in [5.41, 5.74) is 2.86. The highest BCUT2D eigenvalue weighted by molar-refractivity contribution is 5.79. The number of nitrogens with one attached hydrogen (secondary N) is 2. The van der Waals surface area contributed by atoms with E-state index in [0.29, 0.717) is 36.9 Å². The van der Waals surface area contributed by atoms with Gasteiger partial charge in [-0.1, -0.05) is 18.2 Å². The van der Waals surface area contributed by atoms with Crippen molar-refractivity contribution < 1.29 is 9.15 Å². The Labute approximate surface area is 176 Å². The zero-order valence-electron chi connectivity index (χ0n) is 17.2. The van der Waals surface area contributed by atoms with Crippen molar-refractivity contribution >= 4 is 5.96 Å². The Balaban J connectivity index is 1.28. The van der Waals surface area contributed by atoms with Crippen LogP contribution in [0.3, 0.4) is 0 Å². The van der Waals surface area contributed by atoms with Crippen LogP contribution in [0.5, 0.6) is 5.88 Å². The molecule has 1 aliphatic carbocycles. The molecular weight excluding hydrogens is 378 g/mol. The standard InChI is InChI=1S/C23H27N5O2/c1-24-23(27-15-19-16-29-22(28-19)18-7-3-2-4-8-18)26-14-17-11-12-25-21(13-17)30-20-9-5-6-10-20/h2-4,7-8,11-13,16,20H,5-6,9-10,14-15H2,1H3,(H2,24,26,27). The largest absolute Gasteiger partial charge is 0.474 e. The molecule has 7 heteroatoms. The lowest BCUT2D eigenvalue weighted by Crippen LogP contribution is -2.36. The summed E-state index contributed by atoms with van der Waals surface area (Å²) < 4.78 is 11.6. The van der Waals surface area contributed by atoms with Crippen LogP contribution in [0.1, 0.15) is 36.9 Å². The normalized spacial score (nSPS) is 14.6. The predicted octanol–water partition coefficient (Wildman–Crippen LogP) is 3.92. The van der Waals surface area contributed by atoms with Gasteiger partial charge in [0.25, 0.3) is 0 Å². The summed E-state index contributed by atoms with van der Waals surface area (Å²) in [6.07, 6.45) is 8.48. The summed E-state index contributed by atoms with van der Waals surface area (Å²) in [7, 11) is 1.74. The molecule has 7 nitrogen and oxygen atoms in total. The van der Waals surface area contributed by atoms with Gasteiger partial charge in [-0.2, -0.15) is 0 Å². The minimum absolute atomic E-state index is 0.304. The maximum atomic E-state index is 5.99. The third kappa shape index (κ3) is 5.37. The van der Waals surface area contributed by atoms with Gasteiger partial charge in [0, 0.05) is 31.4 Å². The smallest absolute Gasteiger partial charge is 0.226 e. The highest BCUT2D eigenvalue weighted by Crippen LogP contribution is 2.23. The van der Waals surface area contributed by atoms with Crippen LogP contribution in [0.15, 0.2) is 64.3 Å². The van der Waals surface area contributed by atoms with Gasteiger partial charge in [0.05, 0.1) is 12.2 Å². The molecule has 1 fully saturated rings. The van der Waals surface area contributed by atoms with Crippen LogP contribution in [-0.4, -0.2) is 29.1 Å². The van der Waals surface area contributed by atoms with Gasteiger partial charge in [0.1, 0.15) is 12.4 Å². The number of benzene rings is 1. The molecule has 156 valence electrons. The van der Waals surface area contributed by atoms with Crippen molar-refractivity contribution in [3.05, 3.63) is 66.2 Å². The molecule has 0 unspecified atom stereocenters. The summed E-state index contributed by atoms with van der Waals surface area (Å²) in [5, 5.41) is 6.58. The quantitative estimate of drug-likeness (QED) is 0.458. The van der Waals surface area contributed by atoms with Gasteiger partial charge in [0.2, 0.25) is 11.8 Å². The highest BCUT2D eigenvalue weighted by Gasteiger charge is 2.17. The number of ether oxygens (including phenoxy) is 1. The van der Waals surface area contributed by atoms with Crippen molar-refractivity contribution in [2.24, 2.45) is 4.99 Å². The average Bonchev–Trinajstić information content (AvgIpc) is 3.47. The fourth-order valence-electron chi connectivity index (χ4n) is 3.48. The minimum Gasteiger partial charge on any atom is -0.474 e. The number of hydrogen-bond donors (Lipinski definition) is 2. The van der Waals surface area contributed by atoms with Gasteiger partial charge in [-0.15, -0.1) is 0 Å². The second kappa shape index (κ2) is 9.91. The molecule has 2 heterocycles. The van der Waals surface area contributed by atoms with Crippen LogP contribution in [0.4, 0.5) is 0 Å². The molecule has 2 N–H and O–H groups in total. The topological polar surface area (TPSA) is 84.6 Å². The van der Waals surface area contributed by atoms with E-state index < -0.39 is 0 Å². The number of rotatable bonds is 7. The lowest BCUT2D eigenvalue weighted by molar-refractivity contribution is 0.201. The predicted molar refractivity (Wildman–Crippen MR) is 116 cm³/mol. The second-order valence-electron chi connectivity index (χ2n) is 7.32. The van der Waals surface area contributed by atoms with Gasteiger partial charge in [0.15, 0.2) is 5.96 Å². The maximum Gasteiger partial charge on any atom is 0.226 e. The Morgan fingerprint density at radius 3 is 2.73 bits per heavy atom. The van der Waals surface area contributed by atoms with Crippen molar-refractivity contribution in [1.82, 2.24) is 20.6 Å². The fraction of sp³-hybridized carbons (Fsp3) is 0.348. The molecule has 0 saturated heterocycles. The van der Waals surface area contributed by atoms with Crippen molar-refractivity contribution in [2.75, 3.05) is 7.05 Å². The number of aromatic nitrogens is 2. The van der Waals surface area contributed by atoms with E-state index in [0.717, 1.165) is 29.7 Å². The molecule has 0 radical (unpaired) electrons. The molecular formula is C23H27N5O2. The molecule has 0 amide bonds. The summed E-state index contributed by atoms with van der Waals surface area (Å²) in [4.78, 5) is 13.1. The number of pyridine rings is 1. The van der Waals surface area contributed by atoms with Gasteiger partial charge in [-0.05, 0) is 49.4 Å². The van der Waals surface area contributed by atoms with E-state index in [1.54, 1.807) is 19.5 Å². The molecule has 0 spiro atoms. The monoisotopic (exact) mass is 405 g/mol. The highest BCUT2D eigenvalue weighted by atomic mass is 16.5. The summed E-state index contributed by atoms with van der Waals surface area (Å²) in [6.45, 7) is 1.14. The first-order valence-electron chi connectivity index (χ1n) is 10.4. The van der Waals surface area contributed by atoms with E-state index in [2.05, 4.69) is 25.6 Å². The van der Waals surface area contributed by atoms with Crippen molar-refractivity contribution in [2.45, 2.75) is 44.9 Å². The van der Waals surface area contributed by atoms with Gasteiger partial charge >= 0.3 is 0 Å². The molecule has 1 aromatic carbocycles. The number of hydrogen-bond acceptors (Lipinski definition) is 5. The van der Waals surface area contributed by atoms with E-state index >= 15 is 0 Å². The Bertz CT molecular complexity index is 964. The van der Waals surface area contributed by atoms with E-state index in [1.807, 2.05) is 42.5 Å². The zero-order valence-corrected chi connectivity index (χ0v) is 17.2. The molecule has 0 atom stereocenters. The lowest BCUT2D eigenvalue weighted by Gasteiger charge is -2.14. The number of aliphatic imine (C=N–C) groups is 1. The Kier molecular flexibility index (Phi) is 6.59. The minimum atomic E-state index is 0.304. The van der Waals surface area contributed by atoms with Crippen molar-refractivity contribution in [3.8, 4) is 17.3 Å². The zero-order chi connectivity index (χ0) is 20.6. The molecule has 0 aliphatic heterocycles. The number of nitrogens with zero attached hydrogens (tertiary/aromatic N) is 3. The van der Waals surface area contributed by atoms with E-state index in [-0.39, 0.29) is 0 Å². The van der Waals surface area contributed by atoms with Crippen LogP contribution in [0.25, 0.3) is 11.5 Å². The number of guanidine groups is 1. The third-order valence-electron chi connectivity index (χ3n) is 5.08. The van der Waals surface area contributed by atoms with Crippen LogP contribution < -0.4 is 15.4 Å². The molecule has 1 saturated carbocycles. The Morgan fingerprint density at radius 2 is 1.93 bits per heavy atom. The van der Waals surface area contributed by atoms with Crippen molar-refractivity contribution in [1.29, 1.82) is 0 Å². The first kappa shape index (κ1) is 19.9. The van der Waals surface area contributed by atoms with Crippen LogP contribution in [0.2, 0.25) is 0 Å². The summed E-state index contributed by atoms with van der Waals surface area (Å²) in [5.74, 6) is 2.00. The Morgan fingerprint density at radius 1 is 1.13 bits per heavy atom. The lowest BCUT2D eigenvalue weighted by atomic mass is 10.2. The first-order chi connectivity index (χ1) is 14.8. The Hall–Kier alpha value is -3.35. The van der Waals surface area contributed by atoms with Gasteiger partial charge in [-0.25, -0.2) is 9.97 Å². The second-order valence-corrected chi connectivity index (χ2v) is 7.32.